The molecule has 1 amide bonds. The molecule has 1 heterocycles. The lowest BCUT2D eigenvalue weighted by atomic mass is 10.2. The predicted molar refractivity (Wildman–Crippen MR) is 116 cm³/mol. The number of amides is 1. The second-order valence-electron chi connectivity index (χ2n) is 7.23. The van der Waals surface area contributed by atoms with E-state index >= 15 is 0 Å². The first kappa shape index (κ1) is 22.0. The maximum atomic E-state index is 12.3. The number of ether oxygens (including phenoxy) is 1. The molecule has 0 atom stereocenters. The molecule has 8 nitrogen and oxygen atoms in total. The number of halogens is 1. The lowest BCUT2D eigenvalue weighted by molar-refractivity contribution is -0.385. The normalized spacial score (nSPS) is 15.0. The number of nitrogens with zero attached hydrogens (tertiary/aromatic N) is 3. The number of hydrogen-bond donors (Lipinski definition) is 1. The summed E-state index contributed by atoms with van der Waals surface area (Å²) in [4.78, 5) is 27.3. The van der Waals surface area contributed by atoms with Crippen molar-refractivity contribution in [3.8, 4) is 5.75 Å². The Labute approximate surface area is 180 Å². The predicted octanol–water partition coefficient (Wildman–Crippen LogP) is 3.19. The summed E-state index contributed by atoms with van der Waals surface area (Å²) >= 11 is 5.86. The average Bonchev–Trinajstić information content (AvgIpc) is 2.72. The third kappa shape index (κ3) is 6.41. The largest absolute Gasteiger partial charge is 0.492 e. The van der Waals surface area contributed by atoms with Crippen molar-refractivity contribution >= 4 is 28.9 Å². The first-order valence-electron chi connectivity index (χ1n) is 9.78. The Morgan fingerprint density at radius 2 is 1.80 bits per heavy atom. The molecule has 1 saturated heterocycles. The SMILES string of the molecule is Cc1ccc(NC(=O)CN2CCN(CCOc3ccc(Cl)cc3)CC2)cc1[N+](=O)[O-]. The minimum absolute atomic E-state index is 0.00207. The number of carbonyl (C=O) groups excluding carboxylic acids is 1. The Morgan fingerprint density at radius 3 is 2.47 bits per heavy atom. The highest BCUT2D eigenvalue weighted by Crippen LogP contribution is 2.22. The summed E-state index contributed by atoms with van der Waals surface area (Å²) in [6.07, 6.45) is 0. The van der Waals surface area contributed by atoms with Gasteiger partial charge in [0.1, 0.15) is 12.4 Å². The molecule has 2 aromatic rings. The number of nitro groups is 1. The fourth-order valence-corrected chi connectivity index (χ4v) is 3.41. The zero-order valence-electron chi connectivity index (χ0n) is 16.8. The molecule has 0 bridgehead atoms. The van der Waals surface area contributed by atoms with Gasteiger partial charge in [-0.1, -0.05) is 17.7 Å². The molecule has 0 radical (unpaired) electrons. The standard InChI is InChI=1S/C21H25ClN4O4/c1-16-2-5-18(14-20(16)26(28)29)23-21(27)15-25-10-8-24(9-11-25)12-13-30-19-6-3-17(22)4-7-19/h2-7,14H,8-13,15H2,1H3,(H,23,27). The number of hydrogen-bond acceptors (Lipinski definition) is 6. The van der Waals surface area contributed by atoms with Crippen molar-refractivity contribution in [2.45, 2.75) is 6.92 Å². The summed E-state index contributed by atoms with van der Waals surface area (Å²) in [5.41, 5.74) is 1.01. The van der Waals surface area contributed by atoms with Gasteiger partial charge in [0.2, 0.25) is 5.91 Å². The number of anilines is 1. The van der Waals surface area contributed by atoms with Gasteiger partial charge in [-0.3, -0.25) is 24.7 Å². The van der Waals surface area contributed by atoms with Gasteiger partial charge in [-0.25, -0.2) is 0 Å². The second-order valence-corrected chi connectivity index (χ2v) is 7.66. The summed E-state index contributed by atoms with van der Waals surface area (Å²) in [5, 5.41) is 14.5. The lowest BCUT2D eigenvalue weighted by Crippen LogP contribution is -2.49. The van der Waals surface area contributed by atoms with Crippen LogP contribution in [0.25, 0.3) is 0 Å². The van der Waals surface area contributed by atoms with Crippen LogP contribution in [-0.2, 0) is 4.79 Å². The van der Waals surface area contributed by atoms with E-state index in [0.29, 0.717) is 22.9 Å². The lowest BCUT2D eigenvalue weighted by Gasteiger charge is -2.34. The summed E-state index contributed by atoms with van der Waals surface area (Å²) in [6, 6.07) is 12.0. The number of aryl methyl sites for hydroxylation is 1. The van der Waals surface area contributed by atoms with Crippen LogP contribution in [0.3, 0.4) is 0 Å². The van der Waals surface area contributed by atoms with E-state index < -0.39 is 4.92 Å². The fraction of sp³-hybridized carbons (Fsp3) is 0.381. The van der Waals surface area contributed by atoms with Crippen molar-refractivity contribution in [3.63, 3.8) is 0 Å². The highest BCUT2D eigenvalue weighted by Gasteiger charge is 2.19. The highest BCUT2D eigenvalue weighted by atomic mass is 35.5. The van der Waals surface area contributed by atoms with Crippen LogP contribution in [0.5, 0.6) is 5.75 Å². The van der Waals surface area contributed by atoms with Crippen LogP contribution in [0.2, 0.25) is 5.02 Å². The van der Waals surface area contributed by atoms with Gasteiger partial charge in [0, 0.05) is 55.1 Å². The van der Waals surface area contributed by atoms with Crippen molar-refractivity contribution in [1.82, 2.24) is 9.80 Å². The van der Waals surface area contributed by atoms with Gasteiger partial charge < -0.3 is 10.1 Å². The first-order chi connectivity index (χ1) is 14.4. The van der Waals surface area contributed by atoms with Crippen LogP contribution in [0.4, 0.5) is 11.4 Å². The second kappa shape index (κ2) is 10.4. The molecule has 0 aliphatic carbocycles. The number of carbonyl (C=O) groups is 1. The number of nitro benzene ring substituents is 1. The van der Waals surface area contributed by atoms with Crippen LogP contribution in [0, 0.1) is 17.0 Å². The quantitative estimate of drug-likeness (QED) is 0.509. The van der Waals surface area contributed by atoms with E-state index in [4.69, 9.17) is 16.3 Å². The molecule has 0 spiro atoms. The molecular weight excluding hydrogens is 408 g/mol. The Morgan fingerprint density at radius 1 is 1.13 bits per heavy atom. The van der Waals surface area contributed by atoms with E-state index in [9.17, 15) is 14.9 Å². The number of rotatable bonds is 8. The maximum Gasteiger partial charge on any atom is 0.274 e. The zero-order chi connectivity index (χ0) is 21.5. The molecule has 2 aromatic carbocycles. The molecule has 1 aliphatic heterocycles. The molecule has 3 rings (SSSR count). The van der Waals surface area contributed by atoms with Gasteiger partial charge in [0.15, 0.2) is 0 Å². The van der Waals surface area contributed by atoms with Gasteiger partial charge in [-0.2, -0.15) is 0 Å². The number of piperazine rings is 1. The minimum atomic E-state index is -0.444. The molecular formula is C21H25ClN4O4. The van der Waals surface area contributed by atoms with Crippen LogP contribution in [-0.4, -0.2) is 66.5 Å². The van der Waals surface area contributed by atoms with Gasteiger partial charge in [0.25, 0.3) is 5.69 Å². The number of nitrogens with one attached hydrogen (secondary N) is 1. The first-order valence-corrected chi connectivity index (χ1v) is 10.2. The maximum absolute atomic E-state index is 12.3. The Kier molecular flexibility index (Phi) is 7.62. The summed E-state index contributed by atoms with van der Waals surface area (Å²) in [5.74, 6) is 0.624. The van der Waals surface area contributed by atoms with Gasteiger partial charge in [-0.05, 0) is 37.3 Å². The summed E-state index contributed by atoms with van der Waals surface area (Å²) < 4.78 is 5.73. The zero-order valence-corrected chi connectivity index (χ0v) is 17.6. The highest BCUT2D eigenvalue weighted by molar-refractivity contribution is 6.30. The fourth-order valence-electron chi connectivity index (χ4n) is 3.28. The van der Waals surface area contributed by atoms with Gasteiger partial charge in [-0.15, -0.1) is 0 Å². The van der Waals surface area contributed by atoms with Crippen molar-refractivity contribution in [2.24, 2.45) is 0 Å². The Bertz CT molecular complexity index is 883. The van der Waals surface area contributed by atoms with Gasteiger partial charge in [0.05, 0.1) is 11.5 Å². The van der Waals surface area contributed by atoms with E-state index in [1.54, 1.807) is 31.2 Å². The molecule has 0 saturated carbocycles. The third-order valence-electron chi connectivity index (χ3n) is 5.01. The molecule has 1 aliphatic rings. The van der Waals surface area contributed by atoms with E-state index in [1.807, 2.05) is 12.1 Å². The van der Waals surface area contributed by atoms with Crippen LogP contribution in [0.1, 0.15) is 5.56 Å². The van der Waals surface area contributed by atoms with Crippen LogP contribution >= 0.6 is 11.6 Å². The molecule has 1 N–H and O–H groups in total. The smallest absolute Gasteiger partial charge is 0.274 e. The summed E-state index contributed by atoms with van der Waals surface area (Å²) in [6.45, 7) is 6.61. The van der Waals surface area contributed by atoms with E-state index in [-0.39, 0.29) is 18.1 Å². The van der Waals surface area contributed by atoms with E-state index in [1.165, 1.54) is 6.07 Å². The van der Waals surface area contributed by atoms with E-state index in [0.717, 1.165) is 38.5 Å². The third-order valence-corrected chi connectivity index (χ3v) is 5.26. The summed E-state index contributed by atoms with van der Waals surface area (Å²) in [7, 11) is 0. The monoisotopic (exact) mass is 432 g/mol. The van der Waals surface area contributed by atoms with Crippen molar-refractivity contribution < 1.29 is 14.5 Å². The molecule has 160 valence electrons. The van der Waals surface area contributed by atoms with Crippen molar-refractivity contribution in [3.05, 3.63) is 63.2 Å². The van der Waals surface area contributed by atoms with E-state index in [2.05, 4.69) is 15.1 Å². The average molecular weight is 433 g/mol. The molecule has 0 aromatic heterocycles. The van der Waals surface area contributed by atoms with Crippen molar-refractivity contribution in [1.29, 1.82) is 0 Å². The van der Waals surface area contributed by atoms with Crippen molar-refractivity contribution in [2.75, 3.05) is 51.2 Å². The Hall–Kier alpha value is -2.68. The molecule has 1 fully saturated rings. The molecule has 9 heteroatoms. The van der Waals surface area contributed by atoms with Crippen LogP contribution in [0.15, 0.2) is 42.5 Å². The van der Waals surface area contributed by atoms with Gasteiger partial charge >= 0.3 is 0 Å². The molecule has 30 heavy (non-hydrogen) atoms. The number of benzene rings is 2. The van der Waals surface area contributed by atoms with Crippen LogP contribution < -0.4 is 10.1 Å². The topological polar surface area (TPSA) is 88.0 Å². The molecule has 0 unspecified atom stereocenters. The minimum Gasteiger partial charge on any atom is -0.492 e. The Balaban J connectivity index is 1.38.